The third kappa shape index (κ3) is 4.41. The molecule has 0 bridgehead atoms. The third-order valence-electron chi connectivity index (χ3n) is 4.06. The molecule has 6 heteroatoms. The Labute approximate surface area is 146 Å². The van der Waals surface area contributed by atoms with E-state index in [0.717, 1.165) is 33.9 Å². The van der Waals surface area contributed by atoms with E-state index in [9.17, 15) is 4.39 Å². The van der Waals surface area contributed by atoms with Gasteiger partial charge >= 0.3 is 0 Å². The minimum Gasteiger partial charge on any atom is -0.497 e. The van der Waals surface area contributed by atoms with Crippen LogP contribution in [0, 0.1) is 5.82 Å². The van der Waals surface area contributed by atoms with E-state index < -0.39 is 0 Å². The van der Waals surface area contributed by atoms with Gasteiger partial charge in [0.05, 0.1) is 20.8 Å². The highest BCUT2D eigenvalue weighted by Gasteiger charge is 2.16. The molecule has 0 saturated carbocycles. The molecule has 5 nitrogen and oxygen atoms in total. The van der Waals surface area contributed by atoms with Crippen molar-refractivity contribution < 1.29 is 23.3 Å². The van der Waals surface area contributed by atoms with Crippen molar-refractivity contribution in [2.24, 2.45) is 0 Å². The molecule has 0 radical (unpaired) electrons. The van der Waals surface area contributed by atoms with Crippen LogP contribution in [0.25, 0.3) is 0 Å². The van der Waals surface area contributed by atoms with Crippen LogP contribution in [0.2, 0.25) is 0 Å². The van der Waals surface area contributed by atoms with E-state index in [-0.39, 0.29) is 12.6 Å². The maximum Gasteiger partial charge on any atom is 0.189 e. The molecule has 0 aliphatic carbocycles. The standard InChI is InChI=1S/C19H22FNO4/c1-22-17-5-13(6-18(9-17)23-2)10-21-4-3-14-7-16(20)8-15-11-24-12-25-19(14)15/h5-9,21H,3-4,10-12H2,1-2H3. The number of benzene rings is 2. The lowest BCUT2D eigenvalue weighted by Crippen LogP contribution is -2.19. The average molecular weight is 347 g/mol. The first kappa shape index (κ1) is 17.5. The molecule has 0 spiro atoms. The molecule has 1 aliphatic heterocycles. The van der Waals surface area contributed by atoms with Crippen LogP contribution in [0.15, 0.2) is 30.3 Å². The number of methoxy groups -OCH3 is 2. The molecule has 3 rings (SSSR count). The maximum absolute atomic E-state index is 13.7. The fourth-order valence-corrected chi connectivity index (χ4v) is 2.87. The van der Waals surface area contributed by atoms with Gasteiger partial charge in [0.15, 0.2) is 6.79 Å². The van der Waals surface area contributed by atoms with Gasteiger partial charge in [-0.05, 0) is 48.4 Å². The van der Waals surface area contributed by atoms with Crippen LogP contribution in [0.5, 0.6) is 17.2 Å². The Morgan fingerprint density at radius 2 is 1.84 bits per heavy atom. The summed E-state index contributed by atoms with van der Waals surface area (Å²) >= 11 is 0. The number of rotatable bonds is 7. The zero-order valence-electron chi connectivity index (χ0n) is 14.4. The molecule has 0 unspecified atom stereocenters. The van der Waals surface area contributed by atoms with Crippen molar-refractivity contribution in [3.05, 3.63) is 52.8 Å². The van der Waals surface area contributed by atoms with Crippen LogP contribution in [0.1, 0.15) is 16.7 Å². The van der Waals surface area contributed by atoms with E-state index in [1.165, 1.54) is 12.1 Å². The zero-order valence-corrected chi connectivity index (χ0v) is 14.4. The van der Waals surface area contributed by atoms with Gasteiger partial charge in [0.2, 0.25) is 0 Å². The Bertz CT molecular complexity index is 713. The Hall–Kier alpha value is -2.31. The van der Waals surface area contributed by atoms with Crippen LogP contribution >= 0.6 is 0 Å². The number of ether oxygens (including phenoxy) is 4. The summed E-state index contributed by atoms with van der Waals surface area (Å²) in [5.41, 5.74) is 2.68. The maximum atomic E-state index is 13.7. The molecule has 0 aromatic heterocycles. The van der Waals surface area contributed by atoms with Gasteiger partial charge in [-0.2, -0.15) is 0 Å². The highest BCUT2D eigenvalue weighted by molar-refractivity contribution is 5.43. The molecule has 0 fully saturated rings. The summed E-state index contributed by atoms with van der Waals surface area (Å²) < 4.78 is 35.0. The Morgan fingerprint density at radius 1 is 1.08 bits per heavy atom. The minimum atomic E-state index is -0.264. The fourth-order valence-electron chi connectivity index (χ4n) is 2.87. The van der Waals surface area contributed by atoms with Crippen LogP contribution in [-0.4, -0.2) is 27.6 Å². The summed E-state index contributed by atoms with van der Waals surface area (Å²) in [6.07, 6.45) is 0.668. The Kier molecular flexibility index (Phi) is 5.73. The first-order valence-corrected chi connectivity index (χ1v) is 8.14. The predicted molar refractivity (Wildman–Crippen MR) is 91.6 cm³/mol. The molecule has 2 aromatic carbocycles. The van der Waals surface area contributed by atoms with Crippen molar-refractivity contribution >= 4 is 0 Å². The SMILES string of the molecule is COc1cc(CNCCc2cc(F)cc3c2OCOC3)cc(OC)c1. The number of hydrogen-bond acceptors (Lipinski definition) is 5. The van der Waals surface area contributed by atoms with Gasteiger partial charge in [-0.15, -0.1) is 0 Å². The molecule has 25 heavy (non-hydrogen) atoms. The van der Waals surface area contributed by atoms with Crippen molar-refractivity contribution in [3.8, 4) is 17.2 Å². The molecule has 0 atom stereocenters. The quantitative estimate of drug-likeness (QED) is 0.780. The van der Waals surface area contributed by atoms with E-state index in [1.54, 1.807) is 14.2 Å². The van der Waals surface area contributed by atoms with Crippen molar-refractivity contribution in [2.45, 2.75) is 19.6 Å². The molecule has 1 aliphatic rings. The molecule has 1 heterocycles. The van der Waals surface area contributed by atoms with Crippen LogP contribution in [0.4, 0.5) is 4.39 Å². The summed E-state index contributed by atoms with van der Waals surface area (Å²) in [5.74, 6) is 1.99. The van der Waals surface area contributed by atoms with Crippen molar-refractivity contribution in [2.75, 3.05) is 27.6 Å². The number of hydrogen-bond donors (Lipinski definition) is 1. The molecular weight excluding hydrogens is 325 g/mol. The van der Waals surface area contributed by atoms with E-state index in [1.807, 2.05) is 18.2 Å². The predicted octanol–water partition coefficient (Wildman–Crippen LogP) is 3.04. The van der Waals surface area contributed by atoms with E-state index in [4.69, 9.17) is 18.9 Å². The molecule has 1 N–H and O–H groups in total. The summed E-state index contributed by atoms with van der Waals surface area (Å²) in [4.78, 5) is 0. The molecule has 0 saturated heterocycles. The van der Waals surface area contributed by atoms with Crippen molar-refractivity contribution in [1.29, 1.82) is 0 Å². The Morgan fingerprint density at radius 3 is 2.56 bits per heavy atom. The minimum absolute atomic E-state index is 0.211. The molecular formula is C19H22FNO4. The van der Waals surface area contributed by atoms with Gasteiger partial charge < -0.3 is 24.3 Å². The second-order valence-corrected chi connectivity index (χ2v) is 5.81. The monoisotopic (exact) mass is 347 g/mol. The van der Waals surface area contributed by atoms with Gasteiger partial charge in [-0.3, -0.25) is 0 Å². The lowest BCUT2D eigenvalue weighted by Gasteiger charge is -2.21. The van der Waals surface area contributed by atoms with Gasteiger partial charge in [0.1, 0.15) is 23.1 Å². The normalized spacial score (nSPS) is 13.1. The first-order chi connectivity index (χ1) is 12.2. The molecule has 2 aromatic rings. The number of fused-ring (bicyclic) bond motifs is 1. The van der Waals surface area contributed by atoms with Gasteiger partial charge in [-0.25, -0.2) is 4.39 Å². The fraction of sp³-hybridized carbons (Fsp3) is 0.368. The van der Waals surface area contributed by atoms with E-state index >= 15 is 0 Å². The highest BCUT2D eigenvalue weighted by Crippen LogP contribution is 2.29. The Balaban J connectivity index is 1.60. The van der Waals surface area contributed by atoms with Crippen LogP contribution in [0.3, 0.4) is 0 Å². The summed E-state index contributed by atoms with van der Waals surface area (Å²) in [6.45, 7) is 1.95. The highest BCUT2D eigenvalue weighted by atomic mass is 19.1. The first-order valence-electron chi connectivity index (χ1n) is 8.14. The van der Waals surface area contributed by atoms with Crippen LogP contribution < -0.4 is 19.5 Å². The van der Waals surface area contributed by atoms with Gasteiger partial charge in [0.25, 0.3) is 0 Å². The number of nitrogens with one attached hydrogen (secondary N) is 1. The van der Waals surface area contributed by atoms with Gasteiger partial charge in [-0.1, -0.05) is 0 Å². The summed E-state index contributed by atoms with van der Waals surface area (Å²) in [6, 6.07) is 8.75. The lowest BCUT2D eigenvalue weighted by molar-refractivity contribution is -0.0172. The zero-order chi connectivity index (χ0) is 17.6. The average Bonchev–Trinajstić information content (AvgIpc) is 2.64. The summed E-state index contributed by atoms with van der Waals surface area (Å²) in [5, 5.41) is 3.36. The van der Waals surface area contributed by atoms with Crippen molar-refractivity contribution in [3.63, 3.8) is 0 Å². The second kappa shape index (κ2) is 8.18. The van der Waals surface area contributed by atoms with Gasteiger partial charge in [0, 0.05) is 18.2 Å². The van der Waals surface area contributed by atoms with E-state index in [0.29, 0.717) is 26.1 Å². The lowest BCUT2D eigenvalue weighted by atomic mass is 10.1. The van der Waals surface area contributed by atoms with Crippen LogP contribution in [-0.2, 0) is 24.3 Å². The van der Waals surface area contributed by atoms with E-state index in [2.05, 4.69) is 5.32 Å². The largest absolute Gasteiger partial charge is 0.497 e. The topological polar surface area (TPSA) is 49.0 Å². The third-order valence-corrected chi connectivity index (χ3v) is 4.06. The molecule has 134 valence electrons. The number of halogens is 1. The smallest absolute Gasteiger partial charge is 0.189 e. The van der Waals surface area contributed by atoms with Crippen molar-refractivity contribution in [1.82, 2.24) is 5.32 Å². The molecule has 0 amide bonds. The second-order valence-electron chi connectivity index (χ2n) is 5.81. The summed E-state index contributed by atoms with van der Waals surface area (Å²) in [7, 11) is 3.26.